The standard InChI is InChI=1S/C28H32F2N6O4/c1-39-15-4-6-19-17(10-15)28(26(38)33-19)11-18(28)14-3-5-16-22(9-14)34-35-23(16)31-20-7-8-21(32-24(20)40-2)25(37)36-12-27(29,30)13-36/h4,6-8,10,14,16,18,22-23,31,34-35H,3,5,9,11-13H2,1-2H3,(H,33,38)/t14?,16?,18-,22?,23?,28-/m0/s1. The molecular formula is C28H32F2N6O4. The summed E-state index contributed by atoms with van der Waals surface area (Å²) in [6, 6.07) is 9.29. The molecule has 4 heterocycles. The molecule has 2 amide bonds. The summed E-state index contributed by atoms with van der Waals surface area (Å²) >= 11 is 0. The van der Waals surface area contributed by atoms with Crippen LogP contribution < -0.4 is 31.0 Å². The zero-order valence-electron chi connectivity index (χ0n) is 22.3. The van der Waals surface area contributed by atoms with Crippen molar-refractivity contribution in [2.75, 3.05) is 37.9 Å². The smallest absolute Gasteiger partial charge is 0.282 e. The molecule has 10 nitrogen and oxygen atoms in total. The van der Waals surface area contributed by atoms with Crippen LogP contribution in [-0.2, 0) is 10.2 Å². The molecule has 4 N–H and O–H groups in total. The van der Waals surface area contributed by atoms with Gasteiger partial charge in [0.1, 0.15) is 11.4 Å². The van der Waals surface area contributed by atoms with Crippen molar-refractivity contribution in [3.8, 4) is 11.6 Å². The molecule has 212 valence electrons. The van der Waals surface area contributed by atoms with Gasteiger partial charge in [-0.3, -0.25) is 15.0 Å². The highest BCUT2D eigenvalue weighted by molar-refractivity contribution is 6.09. The molecule has 2 aliphatic carbocycles. The quantitative estimate of drug-likeness (QED) is 0.431. The number of anilines is 2. The minimum Gasteiger partial charge on any atom is -0.497 e. The number of benzene rings is 1. The number of hydrogen-bond donors (Lipinski definition) is 4. The SMILES string of the molecule is COc1ccc2c(c1)[C@]1(C[C@H]1C1CCC3C(C1)NNC3Nc1ccc(C(=O)N3CC(F)(F)C3)nc1OC)C(=O)N2. The number of fused-ring (bicyclic) bond motifs is 3. The van der Waals surface area contributed by atoms with E-state index < -0.39 is 30.3 Å². The molecule has 2 aromatic rings. The van der Waals surface area contributed by atoms with Gasteiger partial charge in [0.25, 0.3) is 11.8 Å². The highest BCUT2D eigenvalue weighted by Crippen LogP contribution is 2.65. The summed E-state index contributed by atoms with van der Waals surface area (Å²) in [5.41, 5.74) is 9.00. The number of nitrogens with one attached hydrogen (secondary N) is 4. The van der Waals surface area contributed by atoms with E-state index in [1.165, 1.54) is 13.2 Å². The lowest BCUT2D eigenvalue weighted by Gasteiger charge is -2.38. The first-order valence-electron chi connectivity index (χ1n) is 13.7. The van der Waals surface area contributed by atoms with Crippen LogP contribution in [0, 0.1) is 17.8 Å². The van der Waals surface area contributed by atoms with Gasteiger partial charge in [0.15, 0.2) is 0 Å². The van der Waals surface area contributed by atoms with E-state index in [1.807, 2.05) is 18.2 Å². The number of alkyl halides is 2. The van der Waals surface area contributed by atoms with Crippen molar-refractivity contribution in [3.63, 3.8) is 0 Å². The number of hydrazine groups is 1. The van der Waals surface area contributed by atoms with Crippen LogP contribution in [0.1, 0.15) is 41.7 Å². The number of ether oxygens (including phenoxy) is 2. The van der Waals surface area contributed by atoms with Crippen LogP contribution in [0.5, 0.6) is 11.6 Å². The minimum absolute atomic E-state index is 0.0716. The van der Waals surface area contributed by atoms with Crippen LogP contribution in [0.2, 0.25) is 0 Å². The van der Waals surface area contributed by atoms with Gasteiger partial charge in [-0.05, 0) is 73.4 Å². The Labute approximate surface area is 230 Å². The summed E-state index contributed by atoms with van der Waals surface area (Å²) in [6.45, 7) is -1.18. The van der Waals surface area contributed by atoms with Crippen LogP contribution in [0.4, 0.5) is 20.2 Å². The van der Waals surface area contributed by atoms with Gasteiger partial charge in [-0.2, -0.15) is 0 Å². The van der Waals surface area contributed by atoms with Gasteiger partial charge in [-0.15, -0.1) is 0 Å². The van der Waals surface area contributed by atoms with Crippen molar-refractivity contribution in [1.82, 2.24) is 20.7 Å². The van der Waals surface area contributed by atoms with E-state index in [-0.39, 0.29) is 29.7 Å². The molecule has 2 saturated carbocycles. The fraction of sp³-hybridized carbons (Fsp3) is 0.536. The molecule has 4 fully saturated rings. The monoisotopic (exact) mass is 554 g/mol. The summed E-state index contributed by atoms with van der Waals surface area (Å²) in [7, 11) is 3.11. The maximum atomic E-state index is 13.2. The van der Waals surface area contributed by atoms with Crippen LogP contribution in [0.15, 0.2) is 30.3 Å². The van der Waals surface area contributed by atoms with Crippen molar-refractivity contribution in [3.05, 3.63) is 41.6 Å². The molecular weight excluding hydrogens is 522 g/mol. The average Bonchev–Trinajstić information content (AvgIpc) is 3.49. The number of likely N-dealkylation sites (tertiary alicyclic amines) is 1. The molecule has 7 rings (SSSR count). The maximum Gasteiger partial charge on any atom is 0.282 e. The third-order valence-electron chi connectivity index (χ3n) is 9.46. The van der Waals surface area contributed by atoms with E-state index in [0.29, 0.717) is 23.4 Å². The number of carbonyl (C=O) groups is 2. The Morgan fingerprint density at radius 2 is 1.95 bits per heavy atom. The summed E-state index contributed by atoms with van der Waals surface area (Å²) in [5, 5.41) is 6.53. The number of hydrogen-bond acceptors (Lipinski definition) is 8. The molecule has 6 atom stereocenters. The summed E-state index contributed by atoms with van der Waals surface area (Å²) in [5.74, 6) is -1.25. The number of halogens is 2. The highest BCUT2D eigenvalue weighted by Gasteiger charge is 2.67. The van der Waals surface area contributed by atoms with Gasteiger partial charge in [-0.25, -0.2) is 19.2 Å². The predicted molar refractivity (Wildman–Crippen MR) is 141 cm³/mol. The van der Waals surface area contributed by atoms with Gasteiger partial charge >= 0.3 is 0 Å². The zero-order chi connectivity index (χ0) is 27.8. The molecule has 3 aliphatic heterocycles. The topological polar surface area (TPSA) is 117 Å². The third-order valence-corrected chi connectivity index (χ3v) is 9.46. The average molecular weight is 555 g/mol. The molecule has 0 bridgehead atoms. The largest absolute Gasteiger partial charge is 0.497 e. The van der Waals surface area contributed by atoms with Crippen LogP contribution in [-0.4, -0.2) is 67.1 Å². The number of nitrogens with zero attached hydrogens (tertiary/aromatic N) is 2. The van der Waals surface area contributed by atoms with Crippen molar-refractivity contribution < 1.29 is 27.8 Å². The second-order valence-corrected chi connectivity index (χ2v) is 11.7. The van der Waals surface area contributed by atoms with E-state index in [1.54, 1.807) is 13.2 Å². The van der Waals surface area contributed by atoms with Gasteiger partial charge in [-0.1, -0.05) is 0 Å². The van der Waals surface area contributed by atoms with Crippen LogP contribution in [0.3, 0.4) is 0 Å². The number of carbonyl (C=O) groups excluding carboxylic acids is 2. The molecule has 12 heteroatoms. The second-order valence-electron chi connectivity index (χ2n) is 11.7. The maximum absolute atomic E-state index is 13.2. The van der Waals surface area contributed by atoms with Gasteiger partial charge in [0.2, 0.25) is 11.8 Å². The van der Waals surface area contributed by atoms with E-state index in [4.69, 9.17) is 9.47 Å². The number of methoxy groups -OCH3 is 2. The second kappa shape index (κ2) is 9.00. The number of pyridine rings is 1. The molecule has 5 aliphatic rings. The molecule has 1 aromatic carbocycles. The Hall–Kier alpha value is -3.51. The van der Waals surface area contributed by atoms with Crippen molar-refractivity contribution in [2.24, 2.45) is 17.8 Å². The van der Waals surface area contributed by atoms with E-state index in [2.05, 4.69) is 26.5 Å². The number of aromatic nitrogens is 1. The molecule has 0 radical (unpaired) electrons. The third kappa shape index (κ3) is 3.91. The summed E-state index contributed by atoms with van der Waals surface area (Å²) in [4.78, 5) is 31.0. The number of amides is 2. The normalized spacial score (nSPS) is 33.0. The van der Waals surface area contributed by atoms with Gasteiger partial charge in [0, 0.05) is 17.6 Å². The molecule has 2 saturated heterocycles. The summed E-state index contributed by atoms with van der Waals surface area (Å²) in [6.07, 6.45) is 3.72. The highest BCUT2D eigenvalue weighted by atomic mass is 19.3. The zero-order valence-corrected chi connectivity index (χ0v) is 22.3. The van der Waals surface area contributed by atoms with Crippen LogP contribution >= 0.6 is 0 Å². The Bertz CT molecular complexity index is 1380. The minimum atomic E-state index is -2.83. The fourth-order valence-corrected chi connectivity index (χ4v) is 7.33. The Kier molecular flexibility index (Phi) is 5.73. The first-order valence-corrected chi connectivity index (χ1v) is 13.7. The van der Waals surface area contributed by atoms with E-state index in [0.717, 1.165) is 47.6 Å². The fourth-order valence-electron chi connectivity index (χ4n) is 7.33. The molecule has 40 heavy (non-hydrogen) atoms. The van der Waals surface area contributed by atoms with Crippen molar-refractivity contribution >= 4 is 23.2 Å². The summed E-state index contributed by atoms with van der Waals surface area (Å²) < 4.78 is 37.3. The van der Waals surface area contributed by atoms with Crippen molar-refractivity contribution in [2.45, 2.75) is 49.2 Å². The van der Waals surface area contributed by atoms with Gasteiger partial charge in [0.05, 0.1) is 44.6 Å². The lowest BCUT2D eigenvalue weighted by molar-refractivity contribution is -0.118. The van der Waals surface area contributed by atoms with Crippen LogP contribution in [0.25, 0.3) is 0 Å². The first-order chi connectivity index (χ1) is 19.2. The van der Waals surface area contributed by atoms with E-state index in [9.17, 15) is 18.4 Å². The van der Waals surface area contributed by atoms with Crippen molar-refractivity contribution in [1.29, 1.82) is 0 Å². The molecule has 1 spiro atoms. The lowest BCUT2D eigenvalue weighted by Crippen LogP contribution is -2.58. The molecule has 1 aromatic heterocycles. The predicted octanol–water partition coefficient (Wildman–Crippen LogP) is 2.73. The Morgan fingerprint density at radius 3 is 2.70 bits per heavy atom. The Morgan fingerprint density at radius 1 is 1.12 bits per heavy atom. The first kappa shape index (κ1) is 25.5. The van der Waals surface area contributed by atoms with Gasteiger partial charge < -0.3 is 25.0 Å². The Balaban J connectivity index is 1.01. The number of rotatable bonds is 6. The molecule has 4 unspecified atom stereocenters. The lowest BCUT2D eigenvalue weighted by atomic mass is 9.74. The van der Waals surface area contributed by atoms with E-state index >= 15 is 0 Å².